The fraction of sp³-hybridized carbons (Fsp3) is 0.0588. The predicted octanol–water partition coefficient (Wildman–Crippen LogP) is 3.08. The van der Waals surface area contributed by atoms with Gasteiger partial charge in [0.15, 0.2) is 0 Å². The van der Waals surface area contributed by atoms with Crippen molar-refractivity contribution < 1.29 is 9.59 Å². The zero-order valence-corrected chi connectivity index (χ0v) is 12.9. The second-order valence-electron chi connectivity index (χ2n) is 5.01. The molecule has 0 aliphatic carbocycles. The molecule has 2 amide bonds. The highest BCUT2D eigenvalue weighted by Gasteiger charge is 2.14. The zero-order chi connectivity index (χ0) is 16.2. The summed E-state index contributed by atoms with van der Waals surface area (Å²) in [7, 11) is 0. The van der Waals surface area contributed by atoms with Gasteiger partial charge in [-0.05, 0) is 35.9 Å². The van der Waals surface area contributed by atoms with E-state index in [4.69, 9.17) is 11.6 Å². The molecule has 0 fully saturated rings. The van der Waals surface area contributed by atoms with E-state index in [1.54, 1.807) is 42.6 Å². The number of aromatic nitrogens is 1. The average molecular weight is 328 g/mol. The fourth-order valence-electron chi connectivity index (χ4n) is 2.24. The van der Waals surface area contributed by atoms with Gasteiger partial charge >= 0.3 is 11.8 Å². The van der Waals surface area contributed by atoms with Gasteiger partial charge in [0.25, 0.3) is 0 Å². The Morgan fingerprint density at radius 3 is 2.57 bits per heavy atom. The van der Waals surface area contributed by atoms with E-state index in [-0.39, 0.29) is 6.54 Å². The molecular weight excluding hydrogens is 314 g/mol. The molecule has 0 aliphatic heterocycles. The van der Waals surface area contributed by atoms with Crippen molar-refractivity contribution in [3.05, 3.63) is 65.3 Å². The molecule has 116 valence electrons. The van der Waals surface area contributed by atoms with Gasteiger partial charge in [0, 0.05) is 28.7 Å². The van der Waals surface area contributed by atoms with Gasteiger partial charge in [-0.2, -0.15) is 0 Å². The van der Waals surface area contributed by atoms with Gasteiger partial charge in [-0.1, -0.05) is 29.8 Å². The minimum absolute atomic E-state index is 0.262. The molecule has 0 aliphatic rings. The molecule has 0 saturated heterocycles. The molecule has 0 radical (unpaired) electrons. The third kappa shape index (κ3) is 3.52. The average Bonchev–Trinajstić information content (AvgIpc) is 3.03. The van der Waals surface area contributed by atoms with Crippen LogP contribution in [0.25, 0.3) is 10.9 Å². The first-order valence-corrected chi connectivity index (χ1v) is 7.41. The number of amides is 2. The van der Waals surface area contributed by atoms with Crippen LogP contribution in [0.2, 0.25) is 5.02 Å². The number of rotatable bonds is 3. The SMILES string of the molecule is O=C(NCc1ccc(Cl)cc1)C(=O)Nc1cccc2[nH]ccc12. The first kappa shape index (κ1) is 15.1. The van der Waals surface area contributed by atoms with Crippen LogP contribution in [-0.2, 0) is 16.1 Å². The summed E-state index contributed by atoms with van der Waals surface area (Å²) in [5.41, 5.74) is 2.35. The summed E-state index contributed by atoms with van der Waals surface area (Å²) >= 11 is 5.80. The predicted molar refractivity (Wildman–Crippen MR) is 90.2 cm³/mol. The van der Waals surface area contributed by atoms with Gasteiger partial charge in [0.05, 0.1) is 5.69 Å². The summed E-state index contributed by atoms with van der Waals surface area (Å²) in [6, 6.07) is 14.3. The Morgan fingerprint density at radius 2 is 1.78 bits per heavy atom. The number of H-pyrrole nitrogens is 1. The number of anilines is 1. The number of hydrogen-bond donors (Lipinski definition) is 3. The largest absolute Gasteiger partial charge is 0.361 e. The Hall–Kier alpha value is -2.79. The van der Waals surface area contributed by atoms with Crippen LogP contribution in [0, 0.1) is 0 Å². The van der Waals surface area contributed by atoms with E-state index in [1.165, 1.54) is 0 Å². The van der Waals surface area contributed by atoms with E-state index in [0.717, 1.165) is 16.5 Å². The van der Waals surface area contributed by atoms with Crippen LogP contribution in [0.1, 0.15) is 5.56 Å². The number of hydrogen-bond acceptors (Lipinski definition) is 2. The minimum atomic E-state index is -0.701. The molecule has 2 aromatic carbocycles. The van der Waals surface area contributed by atoms with E-state index < -0.39 is 11.8 Å². The molecule has 1 heterocycles. The summed E-state index contributed by atoms with van der Waals surface area (Å²) < 4.78 is 0. The molecular formula is C17H14ClN3O2. The first-order valence-electron chi connectivity index (χ1n) is 7.03. The molecule has 0 spiro atoms. The van der Waals surface area contributed by atoms with Crippen molar-refractivity contribution in [3.8, 4) is 0 Å². The fourth-order valence-corrected chi connectivity index (χ4v) is 2.36. The van der Waals surface area contributed by atoms with E-state index >= 15 is 0 Å². The lowest BCUT2D eigenvalue weighted by Crippen LogP contribution is -2.34. The molecule has 3 rings (SSSR count). The van der Waals surface area contributed by atoms with Crippen molar-refractivity contribution in [1.82, 2.24) is 10.3 Å². The van der Waals surface area contributed by atoms with Crippen LogP contribution < -0.4 is 10.6 Å². The highest BCUT2D eigenvalue weighted by atomic mass is 35.5. The summed E-state index contributed by atoms with van der Waals surface area (Å²) in [4.78, 5) is 27.0. The van der Waals surface area contributed by atoms with Crippen LogP contribution in [0.5, 0.6) is 0 Å². The van der Waals surface area contributed by atoms with Crippen molar-refractivity contribution in [2.45, 2.75) is 6.54 Å². The first-order chi connectivity index (χ1) is 11.1. The van der Waals surface area contributed by atoms with Gasteiger partial charge in [-0.15, -0.1) is 0 Å². The third-order valence-corrected chi connectivity index (χ3v) is 3.67. The van der Waals surface area contributed by atoms with Crippen LogP contribution in [0.15, 0.2) is 54.7 Å². The van der Waals surface area contributed by atoms with Crippen LogP contribution >= 0.6 is 11.6 Å². The summed E-state index contributed by atoms with van der Waals surface area (Å²) in [5, 5.41) is 6.68. The Labute approximate surface area is 137 Å². The van der Waals surface area contributed by atoms with E-state index in [1.807, 2.05) is 12.1 Å². The number of aromatic amines is 1. The van der Waals surface area contributed by atoms with E-state index in [2.05, 4.69) is 15.6 Å². The van der Waals surface area contributed by atoms with Crippen LogP contribution in [-0.4, -0.2) is 16.8 Å². The Kier molecular flexibility index (Phi) is 4.30. The quantitative estimate of drug-likeness (QED) is 0.647. The summed E-state index contributed by atoms with van der Waals surface area (Å²) in [5.74, 6) is -1.39. The van der Waals surface area contributed by atoms with E-state index in [0.29, 0.717) is 10.7 Å². The topological polar surface area (TPSA) is 74.0 Å². The summed E-state index contributed by atoms with van der Waals surface area (Å²) in [6.45, 7) is 0.262. The van der Waals surface area contributed by atoms with Gasteiger partial charge in [-0.25, -0.2) is 0 Å². The molecule has 0 bridgehead atoms. The monoisotopic (exact) mass is 327 g/mol. The molecule has 23 heavy (non-hydrogen) atoms. The lowest BCUT2D eigenvalue weighted by atomic mass is 10.2. The number of nitrogens with one attached hydrogen (secondary N) is 3. The van der Waals surface area contributed by atoms with Gasteiger partial charge < -0.3 is 15.6 Å². The number of benzene rings is 2. The van der Waals surface area contributed by atoms with Crippen molar-refractivity contribution in [3.63, 3.8) is 0 Å². The van der Waals surface area contributed by atoms with Gasteiger partial charge in [-0.3, -0.25) is 9.59 Å². The second-order valence-corrected chi connectivity index (χ2v) is 5.44. The lowest BCUT2D eigenvalue weighted by Gasteiger charge is -2.08. The Bertz CT molecular complexity index is 856. The number of carbonyl (C=O) groups excluding carboxylic acids is 2. The second kappa shape index (κ2) is 6.54. The zero-order valence-electron chi connectivity index (χ0n) is 12.1. The molecule has 0 unspecified atom stereocenters. The molecule has 3 N–H and O–H groups in total. The van der Waals surface area contributed by atoms with Gasteiger partial charge in [0.2, 0.25) is 0 Å². The highest BCUT2D eigenvalue weighted by molar-refractivity contribution is 6.40. The molecule has 3 aromatic rings. The van der Waals surface area contributed by atoms with Crippen molar-refractivity contribution in [1.29, 1.82) is 0 Å². The third-order valence-electron chi connectivity index (χ3n) is 3.42. The Balaban J connectivity index is 1.62. The number of fused-ring (bicyclic) bond motifs is 1. The van der Waals surface area contributed by atoms with Crippen molar-refractivity contribution in [2.24, 2.45) is 0 Å². The standard InChI is InChI=1S/C17H14ClN3O2/c18-12-6-4-11(5-7-12)10-20-16(22)17(23)21-15-3-1-2-14-13(15)8-9-19-14/h1-9,19H,10H2,(H,20,22)(H,21,23). The molecule has 1 aromatic heterocycles. The Morgan fingerprint density at radius 1 is 1.00 bits per heavy atom. The minimum Gasteiger partial charge on any atom is -0.361 e. The van der Waals surface area contributed by atoms with Crippen LogP contribution in [0.3, 0.4) is 0 Å². The van der Waals surface area contributed by atoms with Crippen LogP contribution in [0.4, 0.5) is 5.69 Å². The highest BCUT2D eigenvalue weighted by Crippen LogP contribution is 2.21. The maximum atomic E-state index is 12.0. The van der Waals surface area contributed by atoms with Gasteiger partial charge in [0.1, 0.15) is 0 Å². The van der Waals surface area contributed by atoms with Crippen molar-refractivity contribution >= 4 is 40.0 Å². The molecule has 5 nitrogen and oxygen atoms in total. The molecule has 6 heteroatoms. The molecule has 0 saturated carbocycles. The maximum absolute atomic E-state index is 12.0. The summed E-state index contributed by atoms with van der Waals surface area (Å²) in [6.07, 6.45) is 1.78. The smallest absolute Gasteiger partial charge is 0.313 e. The molecule has 0 atom stereocenters. The normalized spacial score (nSPS) is 10.5. The van der Waals surface area contributed by atoms with E-state index in [9.17, 15) is 9.59 Å². The number of carbonyl (C=O) groups is 2. The maximum Gasteiger partial charge on any atom is 0.313 e. The lowest BCUT2D eigenvalue weighted by molar-refractivity contribution is -0.136. The number of halogens is 1. The van der Waals surface area contributed by atoms with Crippen molar-refractivity contribution in [2.75, 3.05) is 5.32 Å².